The van der Waals surface area contributed by atoms with Gasteiger partial charge >= 0.3 is 0 Å². The first-order valence-electron chi connectivity index (χ1n) is 14.7. The van der Waals surface area contributed by atoms with Gasteiger partial charge in [0, 0.05) is 20.3 Å². The summed E-state index contributed by atoms with van der Waals surface area (Å²) in [6, 6.07) is 10.5. The molecule has 0 aliphatic carbocycles. The van der Waals surface area contributed by atoms with Crippen molar-refractivity contribution in [1.82, 2.24) is 0 Å². The van der Waals surface area contributed by atoms with Crippen molar-refractivity contribution >= 4 is 0 Å². The highest BCUT2D eigenvalue weighted by molar-refractivity contribution is 5.13. The Morgan fingerprint density at radius 3 is 1.71 bits per heavy atom. The molecule has 0 spiro atoms. The van der Waals surface area contributed by atoms with Crippen molar-refractivity contribution in [2.24, 2.45) is 0 Å². The normalized spacial score (nSPS) is 17.1. The van der Waals surface area contributed by atoms with Gasteiger partial charge in [-0.1, -0.05) is 107 Å². The van der Waals surface area contributed by atoms with E-state index < -0.39 is 0 Å². The van der Waals surface area contributed by atoms with Gasteiger partial charge in [-0.15, -0.1) is 0 Å². The molecular formula is C31H58NO3+. The van der Waals surface area contributed by atoms with Crippen LogP contribution in [0.2, 0.25) is 0 Å². The number of quaternary nitrogens is 1. The van der Waals surface area contributed by atoms with Crippen molar-refractivity contribution in [2.45, 2.75) is 115 Å². The van der Waals surface area contributed by atoms with Gasteiger partial charge in [-0.3, -0.25) is 0 Å². The number of benzene rings is 1. The molecule has 0 radical (unpaired) electrons. The molecule has 204 valence electrons. The number of piperidine rings is 1. The summed E-state index contributed by atoms with van der Waals surface area (Å²) >= 11 is 0. The summed E-state index contributed by atoms with van der Waals surface area (Å²) in [4.78, 5) is 0. The highest BCUT2D eigenvalue weighted by Gasteiger charge is 2.27. The molecular weight excluding hydrogens is 434 g/mol. The molecule has 4 nitrogen and oxygen atoms in total. The third-order valence-corrected chi connectivity index (χ3v) is 7.14. The van der Waals surface area contributed by atoms with Crippen LogP contribution in [-0.2, 0) is 16.1 Å². The van der Waals surface area contributed by atoms with Crippen LogP contribution in [0.4, 0.5) is 0 Å². The molecule has 2 rings (SSSR count). The van der Waals surface area contributed by atoms with Gasteiger partial charge in [0.05, 0.1) is 27.2 Å². The monoisotopic (exact) mass is 492 g/mol. The third-order valence-electron chi connectivity index (χ3n) is 7.14. The first-order chi connectivity index (χ1) is 17.2. The van der Waals surface area contributed by atoms with Crippen LogP contribution in [0.1, 0.15) is 108 Å². The molecule has 0 bridgehead atoms. The summed E-state index contributed by atoms with van der Waals surface area (Å²) in [6.07, 6.45) is 22.4. The summed E-state index contributed by atoms with van der Waals surface area (Å²) in [7, 11) is 5.67. The molecule has 1 aromatic rings. The topological polar surface area (TPSA) is 38.7 Å². The zero-order valence-corrected chi connectivity index (χ0v) is 23.5. The molecule has 1 aromatic carbocycles. The number of ether oxygens (including phenoxy) is 2. The quantitative estimate of drug-likeness (QED) is 0.151. The number of aliphatic hydroxyl groups is 1. The second-order valence-electron chi connectivity index (χ2n) is 11.0. The fourth-order valence-corrected chi connectivity index (χ4v) is 5.06. The molecule has 1 atom stereocenters. The van der Waals surface area contributed by atoms with Crippen molar-refractivity contribution in [1.29, 1.82) is 0 Å². The average Bonchev–Trinajstić information content (AvgIpc) is 2.86. The lowest BCUT2D eigenvalue weighted by Gasteiger charge is -2.37. The van der Waals surface area contributed by atoms with Gasteiger partial charge in [0.1, 0.15) is 12.6 Å². The lowest BCUT2D eigenvalue weighted by atomic mass is 10.0. The first kappa shape index (κ1) is 32.1. The molecule has 1 saturated heterocycles. The zero-order valence-electron chi connectivity index (χ0n) is 23.5. The highest BCUT2D eigenvalue weighted by Crippen LogP contribution is 2.18. The minimum Gasteiger partial charge on any atom is -0.400 e. The zero-order chi connectivity index (χ0) is 25.5. The summed E-state index contributed by atoms with van der Waals surface area (Å²) in [6.45, 7) is 5.15. The molecule has 0 aromatic heterocycles. The predicted molar refractivity (Wildman–Crippen MR) is 150 cm³/mol. The van der Waals surface area contributed by atoms with Crippen LogP contribution in [0.25, 0.3) is 0 Å². The number of hydrogen-bond acceptors (Lipinski definition) is 3. The summed E-state index contributed by atoms with van der Waals surface area (Å²) in [5, 5.41) is 7.00. The lowest BCUT2D eigenvalue weighted by Crippen LogP contribution is -2.50. The van der Waals surface area contributed by atoms with E-state index in [0.29, 0.717) is 6.10 Å². The van der Waals surface area contributed by atoms with E-state index in [4.69, 9.17) is 14.6 Å². The van der Waals surface area contributed by atoms with E-state index in [1.54, 1.807) is 0 Å². The van der Waals surface area contributed by atoms with Crippen molar-refractivity contribution in [3.05, 3.63) is 35.9 Å². The fourth-order valence-electron chi connectivity index (χ4n) is 5.06. The van der Waals surface area contributed by atoms with Crippen LogP contribution in [0.3, 0.4) is 0 Å². The van der Waals surface area contributed by atoms with Crippen LogP contribution in [-0.4, -0.2) is 63.2 Å². The van der Waals surface area contributed by atoms with Gasteiger partial charge < -0.3 is 19.1 Å². The molecule has 35 heavy (non-hydrogen) atoms. The van der Waals surface area contributed by atoms with Crippen molar-refractivity contribution in [3.8, 4) is 0 Å². The Bertz CT molecular complexity index is 564. The predicted octanol–water partition coefficient (Wildman–Crippen LogP) is 7.53. The molecule has 1 aliphatic heterocycles. The molecule has 1 fully saturated rings. The molecule has 1 aliphatic rings. The van der Waals surface area contributed by atoms with Crippen LogP contribution in [0, 0.1) is 0 Å². The number of unbranched alkanes of at least 4 members (excludes halogenated alkanes) is 13. The average molecular weight is 493 g/mol. The molecule has 4 heteroatoms. The lowest BCUT2D eigenvalue weighted by molar-refractivity contribution is -0.898. The maximum atomic E-state index is 7.00. The van der Waals surface area contributed by atoms with Gasteiger partial charge in [-0.25, -0.2) is 0 Å². The van der Waals surface area contributed by atoms with Crippen LogP contribution in [0.5, 0.6) is 0 Å². The van der Waals surface area contributed by atoms with E-state index in [9.17, 15) is 0 Å². The summed E-state index contributed by atoms with van der Waals surface area (Å²) in [5.74, 6) is 0. The summed E-state index contributed by atoms with van der Waals surface area (Å²) in [5.41, 5.74) is 1.28. The Hall–Kier alpha value is -0.940. The minimum atomic E-state index is 0.507. The van der Waals surface area contributed by atoms with Gasteiger partial charge in [0.2, 0.25) is 0 Å². The number of hydrogen-bond donors (Lipinski definition) is 1. The Morgan fingerprint density at radius 1 is 0.714 bits per heavy atom. The Kier molecular flexibility index (Phi) is 20.4. The van der Waals surface area contributed by atoms with Gasteiger partial charge in [0.15, 0.2) is 0 Å². The van der Waals surface area contributed by atoms with E-state index in [0.717, 1.165) is 31.4 Å². The van der Waals surface area contributed by atoms with Gasteiger partial charge in [-0.2, -0.15) is 0 Å². The van der Waals surface area contributed by atoms with Gasteiger partial charge in [-0.05, 0) is 31.2 Å². The molecule has 0 saturated carbocycles. The SMILES string of the molecule is CO.C[N+]1(C)CCCC(OCCCCCCCCCCCCCCCCOCc2ccccc2)C1. The fraction of sp³-hybridized carbons (Fsp3) is 0.806. The molecule has 1 heterocycles. The van der Waals surface area contributed by atoms with E-state index in [1.807, 2.05) is 0 Å². The smallest absolute Gasteiger partial charge is 0.107 e. The minimum absolute atomic E-state index is 0.507. The maximum absolute atomic E-state index is 7.00. The van der Waals surface area contributed by atoms with Crippen molar-refractivity contribution < 1.29 is 19.1 Å². The second kappa shape index (κ2) is 22.3. The number of aliphatic hydroxyl groups excluding tert-OH is 1. The Balaban J connectivity index is 0.00000298. The van der Waals surface area contributed by atoms with E-state index >= 15 is 0 Å². The van der Waals surface area contributed by atoms with Crippen molar-refractivity contribution in [2.75, 3.05) is 47.5 Å². The standard InChI is InChI=1S/C30H54NO2.CH4O/c1-31(2)24-20-23-30(27-31)33-26-19-14-12-10-8-6-4-3-5-7-9-11-13-18-25-32-28-29-21-16-15-17-22-29;1-2/h15-17,21-22,30H,3-14,18-20,23-28H2,1-2H3;2H,1H3/q+1;. The number of nitrogens with zero attached hydrogens (tertiary/aromatic N) is 1. The highest BCUT2D eigenvalue weighted by atomic mass is 16.5. The molecule has 1 N–H and O–H groups in total. The maximum Gasteiger partial charge on any atom is 0.107 e. The van der Waals surface area contributed by atoms with Crippen LogP contribution >= 0.6 is 0 Å². The van der Waals surface area contributed by atoms with Crippen LogP contribution < -0.4 is 0 Å². The Labute approximate surface area is 218 Å². The van der Waals surface area contributed by atoms with E-state index in [2.05, 4.69) is 44.4 Å². The van der Waals surface area contributed by atoms with E-state index in [1.165, 1.54) is 121 Å². The number of likely N-dealkylation sites (N-methyl/N-ethyl adjacent to an activating group) is 1. The van der Waals surface area contributed by atoms with Crippen molar-refractivity contribution in [3.63, 3.8) is 0 Å². The molecule has 1 unspecified atom stereocenters. The largest absolute Gasteiger partial charge is 0.400 e. The third kappa shape index (κ3) is 18.9. The Morgan fingerprint density at radius 2 is 1.20 bits per heavy atom. The van der Waals surface area contributed by atoms with Gasteiger partial charge in [0.25, 0.3) is 0 Å². The molecule has 0 amide bonds. The second-order valence-corrected chi connectivity index (χ2v) is 11.0. The first-order valence-corrected chi connectivity index (χ1v) is 14.7. The van der Waals surface area contributed by atoms with Crippen LogP contribution in [0.15, 0.2) is 30.3 Å². The number of likely N-dealkylation sites (tertiary alicyclic amines) is 1. The number of rotatable bonds is 20. The van der Waals surface area contributed by atoms with E-state index in [-0.39, 0.29) is 0 Å². The summed E-state index contributed by atoms with van der Waals surface area (Å²) < 4.78 is 13.0.